The predicted octanol–water partition coefficient (Wildman–Crippen LogP) is -0.0536. The minimum absolute atomic E-state index is 0.0156. The minimum Gasteiger partial charge on any atom is -0.480 e. The van der Waals surface area contributed by atoms with Crippen LogP contribution in [-0.2, 0) is 14.8 Å². The second-order valence-electron chi connectivity index (χ2n) is 3.56. The molecule has 1 aliphatic rings. The summed E-state index contributed by atoms with van der Waals surface area (Å²) in [5.41, 5.74) is 0. The third kappa shape index (κ3) is 2.05. The van der Waals surface area contributed by atoms with Gasteiger partial charge in [0.05, 0.1) is 11.6 Å². The highest BCUT2D eigenvalue weighted by Crippen LogP contribution is 2.33. The molecule has 1 aliphatic heterocycles. The van der Waals surface area contributed by atoms with Crippen LogP contribution in [0.15, 0.2) is 17.3 Å². The number of rotatable bonds is 3. The summed E-state index contributed by atoms with van der Waals surface area (Å²) in [6.45, 7) is 1.67. The van der Waals surface area contributed by atoms with E-state index in [0.29, 0.717) is 0 Å². The third-order valence-corrected chi connectivity index (χ3v) is 5.79. The number of nitrogens with zero attached hydrogens (tertiary/aromatic N) is 2. The number of hydrogen-bond acceptors (Lipinski definition) is 5. The number of thioether (sulfide) groups is 1. The number of aromatic nitrogens is 2. The maximum Gasteiger partial charge on any atom is 0.322 e. The molecule has 2 rings (SSSR count). The molecule has 0 saturated carbocycles. The Balaban J connectivity index is 2.41. The quantitative estimate of drug-likeness (QED) is 0.802. The van der Waals surface area contributed by atoms with Crippen molar-refractivity contribution < 1.29 is 18.3 Å². The number of aliphatic carboxylic acids is 1. The summed E-state index contributed by atoms with van der Waals surface area (Å²) in [6.07, 6.45) is 2.41. The molecule has 0 amide bonds. The molecule has 2 heterocycles. The number of sulfonamides is 1. The lowest BCUT2D eigenvalue weighted by Crippen LogP contribution is -2.44. The molecular weight excluding hydrogens is 266 g/mol. The molecular formula is C8H11N3O4S2. The highest BCUT2D eigenvalue weighted by atomic mass is 32.2. The summed E-state index contributed by atoms with van der Waals surface area (Å²) >= 11 is 1.30. The Morgan fingerprint density at radius 3 is 2.94 bits per heavy atom. The van der Waals surface area contributed by atoms with Crippen LogP contribution in [0.4, 0.5) is 0 Å². The zero-order valence-corrected chi connectivity index (χ0v) is 10.5. The Morgan fingerprint density at radius 1 is 1.71 bits per heavy atom. The van der Waals surface area contributed by atoms with Crippen LogP contribution in [0, 0.1) is 0 Å². The summed E-state index contributed by atoms with van der Waals surface area (Å²) < 4.78 is 25.4. The lowest BCUT2D eigenvalue weighted by molar-refractivity contribution is -0.140. The van der Waals surface area contributed by atoms with E-state index >= 15 is 0 Å². The van der Waals surface area contributed by atoms with Gasteiger partial charge >= 0.3 is 5.97 Å². The maximum absolute atomic E-state index is 12.2. The molecule has 9 heteroatoms. The van der Waals surface area contributed by atoms with Gasteiger partial charge in [-0.2, -0.15) is 9.40 Å². The normalized spacial score (nSPS) is 26.2. The standard InChI is InChI=1S/C8H11N3O4S2/c1-5-11(7(4-16-5)8(12)13)17(14,15)6-2-9-10-3-6/h2-3,5,7H,4H2,1H3,(H,9,10)(H,12,13). The van der Waals surface area contributed by atoms with Crippen LogP contribution in [0.1, 0.15) is 6.92 Å². The first-order chi connectivity index (χ1) is 7.94. The van der Waals surface area contributed by atoms with Crippen LogP contribution in [0.5, 0.6) is 0 Å². The fourth-order valence-corrected chi connectivity index (χ4v) is 4.87. The number of hydrogen-bond donors (Lipinski definition) is 2. The molecule has 1 saturated heterocycles. The van der Waals surface area contributed by atoms with Crippen molar-refractivity contribution in [1.82, 2.24) is 14.5 Å². The largest absolute Gasteiger partial charge is 0.480 e. The second-order valence-corrected chi connectivity index (χ2v) is 6.75. The summed E-state index contributed by atoms with van der Waals surface area (Å²) in [5.74, 6) is -0.873. The summed E-state index contributed by atoms with van der Waals surface area (Å²) in [5, 5.41) is 14.6. The van der Waals surface area contributed by atoms with E-state index in [1.54, 1.807) is 6.92 Å². The van der Waals surface area contributed by atoms with Crippen molar-refractivity contribution >= 4 is 27.8 Å². The molecule has 94 valence electrons. The number of H-pyrrole nitrogens is 1. The van der Waals surface area contributed by atoms with Crippen LogP contribution in [-0.4, -0.2) is 51.2 Å². The smallest absolute Gasteiger partial charge is 0.322 e. The first-order valence-electron chi connectivity index (χ1n) is 4.81. The van der Waals surface area contributed by atoms with Gasteiger partial charge in [-0.1, -0.05) is 0 Å². The highest BCUT2D eigenvalue weighted by Gasteiger charge is 2.44. The zero-order valence-electron chi connectivity index (χ0n) is 8.90. The first-order valence-corrected chi connectivity index (χ1v) is 7.30. The number of nitrogens with one attached hydrogen (secondary N) is 1. The number of carboxylic acid groups (broad SMARTS) is 1. The Hall–Kier alpha value is -1.06. The van der Waals surface area contributed by atoms with E-state index in [9.17, 15) is 13.2 Å². The fraction of sp³-hybridized carbons (Fsp3) is 0.500. The molecule has 7 nitrogen and oxygen atoms in total. The van der Waals surface area contributed by atoms with E-state index in [2.05, 4.69) is 10.2 Å². The third-order valence-electron chi connectivity index (χ3n) is 2.49. The monoisotopic (exact) mass is 277 g/mol. The Bertz CT molecular complexity index is 513. The van der Waals surface area contributed by atoms with Crippen LogP contribution >= 0.6 is 11.8 Å². The molecule has 0 spiro atoms. The molecule has 1 aromatic heterocycles. The summed E-state index contributed by atoms with van der Waals surface area (Å²) in [6, 6.07) is -1.02. The van der Waals surface area contributed by atoms with Gasteiger partial charge in [-0.3, -0.25) is 9.89 Å². The van der Waals surface area contributed by atoms with E-state index in [1.807, 2.05) is 0 Å². The lowest BCUT2D eigenvalue weighted by Gasteiger charge is -2.23. The zero-order chi connectivity index (χ0) is 12.6. The van der Waals surface area contributed by atoms with E-state index < -0.39 is 27.4 Å². The molecule has 0 bridgehead atoms. The van der Waals surface area contributed by atoms with Crippen molar-refractivity contribution in [3.63, 3.8) is 0 Å². The molecule has 2 N–H and O–H groups in total. The lowest BCUT2D eigenvalue weighted by atomic mass is 10.3. The molecule has 17 heavy (non-hydrogen) atoms. The number of aromatic amines is 1. The second kappa shape index (κ2) is 4.31. The molecule has 0 radical (unpaired) electrons. The van der Waals surface area contributed by atoms with Crippen LogP contribution < -0.4 is 0 Å². The van der Waals surface area contributed by atoms with E-state index in [-0.39, 0.29) is 10.6 Å². The first kappa shape index (κ1) is 12.4. The number of carbonyl (C=O) groups is 1. The van der Waals surface area contributed by atoms with Gasteiger partial charge in [0.15, 0.2) is 0 Å². The molecule has 2 unspecified atom stereocenters. The topological polar surface area (TPSA) is 103 Å². The SMILES string of the molecule is CC1SCC(C(=O)O)N1S(=O)(=O)c1cn[nH]c1. The summed E-state index contributed by atoms with van der Waals surface area (Å²) in [4.78, 5) is 11.0. The van der Waals surface area contributed by atoms with E-state index in [1.165, 1.54) is 24.2 Å². The average molecular weight is 277 g/mol. The van der Waals surface area contributed by atoms with Gasteiger partial charge in [0.25, 0.3) is 0 Å². The van der Waals surface area contributed by atoms with Gasteiger partial charge < -0.3 is 5.11 Å². The molecule has 0 aromatic carbocycles. The van der Waals surface area contributed by atoms with Crippen LogP contribution in [0.2, 0.25) is 0 Å². The number of carboxylic acids is 1. The van der Waals surface area contributed by atoms with Crippen molar-refractivity contribution in [1.29, 1.82) is 0 Å². The van der Waals surface area contributed by atoms with Gasteiger partial charge in [0.1, 0.15) is 10.9 Å². The molecule has 1 fully saturated rings. The van der Waals surface area contributed by atoms with Crippen molar-refractivity contribution in [2.24, 2.45) is 0 Å². The van der Waals surface area contributed by atoms with Gasteiger partial charge in [-0.15, -0.1) is 11.8 Å². The van der Waals surface area contributed by atoms with Gasteiger partial charge in [0, 0.05) is 11.9 Å². The van der Waals surface area contributed by atoms with Crippen molar-refractivity contribution in [3.05, 3.63) is 12.4 Å². The fourth-order valence-electron chi connectivity index (χ4n) is 1.68. The highest BCUT2D eigenvalue weighted by molar-refractivity contribution is 8.01. The molecule has 1 aromatic rings. The van der Waals surface area contributed by atoms with Crippen molar-refractivity contribution in [3.8, 4) is 0 Å². The van der Waals surface area contributed by atoms with Gasteiger partial charge in [-0.25, -0.2) is 8.42 Å². The van der Waals surface area contributed by atoms with Gasteiger partial charge in [-0.05, 0) is 6.92 Å². The maximum atomic E-state index is 12.2. The predicted molar refractivity (Wildman–Crippen MR) is 61.0 cm³/mol. The van der Waals surface area contributed by atoms with Crippen LogP contribution in [0.3, 0.4) is 0 Å². The minimum atomic E-state index is -3.80. The van der Waals surface area contributed by atoms with E-state index in [0.717, 1.165) is 4.31 Å². The van der Waals surface area contributed by atoms with Crippen molar-refractivity contribution in [2.75, 3.05) is 5.75 Å². The Morgan fingerprint density at radius 2 is 2.41 bits per heavy atom. The van der Waals surface area contributed by atoms with Crippen LogP contribution in [0.25, 0.3) is 0 Å². The van der Waals surface area contributed by atoms with E-state index in [4.69, 9.17) is 5.11 Å². The van der Waals surface area contributed by atoms with Crippen molar-refractivity contribution in [2.45, 2.75) is 23.2 Å². The Labute approximate surface area is 102 Å². The Kier molecular flexibility index (Phi) is 3.15. The molecule has 0 aliphatic carbocycles. The van der Waals surface area contributed by atoms with Gasteiger partial charge in [0.2, 0.25) is 10.0 Å². The summed E-state index contributed by atoms with van der Waals surface area (Å²) in [7, 11) is -3.80. The molecule has 2 atom stereocenters. The average Bonchev–Trinajstić information content (AvgIpc) is 2.84.